The molecule has 62 valence electrons. The van der Waals surface area contributed by atoms with Crippen LogP contribution in [0.5, 0.6) is 0 Å². The van der Waals surface area contributed by atoms with Crippen molar-refractivity contribution in [3.8, 4) is 12.3 Å². The summed E-state index contributed by atoms with van der Waals surface area (Å²) in [6.45, 7) is 0. The van der Waals surface area contributed by atoms with E-state index in [2.05, 4.69) is 28.5 Å². The molecule has 2 heteroatoms. The highest BCUT2D eigenvalue weighted by Gasteiger charge is 2.02. The molecule has 2 N–H and O–H groups in total. The molecule has 0 spiro atoms. The molecule has 1 aromatic rings. The van der Waals surface area contributed by atoms with Crippen molar-refractivity contribution in [1.82, 2.24) is 0 Å². The van der Waals surface area contributed by atoms with Crippen LogP contribution < -0.4 is 5.73 Å². The summed E-state index contributed by atoms with van der Waals surface area (Å²) < 4.78 is 1.21. The van der Waals surface area contributed by atoms with E-state index in [1.165, 1.54) is 3.57 Å². The van der Waals surface area contributed by atoms with Gasteiger partial charge in [0.15, 0.2) is 0 Å². The Morgan fingerprint density at radius 2 is 2.00 bits per heavy atom. The largest absolute Gasteiger partial charge is 0.323 e. The maximum absolute atomic E-state index is 5.81. The minimum absolute atomic E-state index is 0.0213. The summed E-state index contributed by atoms with van der Waals surface area (Å²) in [7, 11) is 0. The highest BCUT2D eigenvalue weighted by Crippen LogP contribution is 2.14. The van der Waals surface area contributed by atoms with Crippen LogP contribution in [0.1, 0.15) is 18.0 Å². The Morgan fingerprint density at radius 3 is 2.50 bits per heavy atom. The molecule has 1 atom stereocenters. The molecule has 0 aliphatic rings. The third-order valence-electron chi connectivity index (χ3n) is 1.64. The topological polar surface area (TPSA) is 26.0 Å². The molecular formula is C10H10IN. The molecule has 1 rings (SSSR count). The van der Waals surface area contributed by atoms with Crippen molar-refractivity contribution in [2.45, 2.75) is 12.5 Å². The van der Waals surface area contributed by atoms with E-state index in [0.29, 0.717) is 6.42 Å². The second-order valence-electron chi connectivity index (χ2n) is 2.57. The van der Waals surface area contributed by atoms with E-state index in [-0.39, 0.29) is 6.04 Å². The SMILES string of the molecule is C#CCC(N)c1ccc(I)cc1. The molecular weight excluding hydrogens is 261 g/mol. The first-order valence-electron chi connectivity index (χ1n) is 3.68. The van der Waals surface area contributed by atoms with E-state index in [1.54, 1.807) is 0 Å². The number of benzene rings is 1. The Morgan fingerprint density at radius 1 is 1.42 bits per heavy atom. The first-order valence-corrected chi connectivity index (χ1v) is 4.76. The average Bonchev–Trinajstić information content (AvgIpc) is 2.06. The summed E-state index contributed by atoms with van der Waals surface area (Å²) in [5, 5.41) is 0. The zero-order chi connectivity index (χ0) is 8.97. The van der Waals surface area contributed by atoms with Gasteiger partial charge < -0.3 is 5.73 Å². The van der Waals surface area contributed by atoms with Crippen LogP contribution in [-0.4, -0.2) is 0 Å². The van der Waals surface area contributed by atoms with Crippen LogP contribution in [0, 0.1) is 15.9 Å². The second kappa shape index (κ2) is 4.48. The molecule has 0 aliphatic carbocycles. The quantitative estimate of drug-likeness (QED) is 0.648. The van der Waals surface area contributed by atoms with Crippen LogP contribution in [0.3, 0.4) is 0 Å². The molecule has 1 unspecified atom stereocenters. The van der Waals surface area contributed by atoms with E-state index in [9.17, 15) is 0 Å². The fraction of sp³-hybridized carbons (Fsp3) is 0.200. The zero-order valence-corrected chi connectivity index (χ0v) is 8.78. The Labute approximate surface area is 86.5 Å². The molecule has 0 aromatic heterocycles. The second-order valence-corrected chi connectivity index (χ2v) is 3.81. The molecule has 0 saturated heterocycles. The lowest BCUT2D eigenvalue weighted by Crippen LogP contribution is -2.08. The molecule has 1 aromatic carbocycles. The maximum Gasteiger partial charge on any atom is 0.0405 e. The lowest BCUT2D eigenvalue weighted by molar-refractivity contribution is 0.754. The van der Waals surface area contributed by atoms with Gasteiger partial charge in [0.1, 0.15) is 0 Å². The average molecular weight is 271 g/mol. The molecule has 0 fully saturated rings. The highest BCUT2D eigenvalue weighted by molar-refractivity contribution is 14.1. The minimum Gasteiger partial charge on any atom is -0.323 e. The highest BCUT2D eigenvalue weighted by atomic mass is 127. The molecule has 0 bridgehead atoms. The van der Waals surface area contributed by atoms with Gasteiger partial charge in [-0.05, 0) is 40.3 Å². The summed E-state index contributed by atoms with van der Waals surface area (Å²) >= 11 is 2.26. The van der Waals surface area contributed by atoms with Gasteiger partial charge in [-0.15, -0.1) is 12.3 Å². The number of hydrogen-bond acceptors (Lipinski definition) is 1. The standard InChI is InChI=1S/C10H10IN/c1-2-3-10(12)8-4-6-9(11)7-5-8/h1,4-7,10H,3,12H2. The van der Waals surface area contributed by atoms with Gasteiger partial charge in [0.05, 0.1) is 0 Å². The fourth-order valence-electron chi connectivity index (χ4n) is 0.955. The van der Waals surface area contributed by atoms with E-state index < -0.39 is 0 Å². The summed E-state index contributed by atoms with van der Waals surface area (Å²) in [6.07, 6.45) is 5.76. The molecule has 0 aliphatic heterocycles. The first kappa shape index (κ1) is 9.56. The number of nitrogens with two attached hydrogens (primary N) is 1. The van der Waals surface area contributed by atoms with Crippen molar-refractivity contribution in [2.24, 2.45) is 5.73 Å². The Balaban J connectivity index is 2.76. The van der Waals surface area contributed by atoms with Gasteiger partial charge in [0.25, 0.3) is 0 Å². The van der Waals surface area contributed by atoms with Crippen molar-refractivity contribution in [3.05, 3.63) is 33.4 Å². The van der Waals surface area contributed by atoms with E-state index >= 15 is 0 Å². The fourth-order valence-corrected chi connectivity index (χ4v) is 1.31. The molecule has 0 saturated carbocycles. The van der Waals surface area contributed by atoms with E-state index in [0.717, 1.165) is 5.56 Å². The van der Waals surface area contributed by atoms with Gasteiger partial charge >= 0.3 is 0 Å². The summed E-state index contributed by atoms with van der Waals surface area (Å²) in [6, 6.07) is 8.08. The van der Waals surface area contributed by atoms with Crippen molar-refractivity contribution in [3.63, 3.8) is 0 Å². The first-order chi connectivity index (χ1) is 5.74. The van der Waals surface area contributed by atoms with Crippen LogP contribution in [0.25, 0.3) is 0 Å². The van der Waals surface area contributed by atoms with Crippen LogP contribution >= 0.6 is 22.6 Å². The minimum atomic E-state index is -0.0213. The van der Waals surface area contributed by atoms with Gasteiger partial charge in [-0.3, -0.25) is 0 Å². The molecule has 12 heavy (non-hydrogen) atoms. The van der Waals surface area contributed by atoms with Gasteiger partial charge in [-0.25, -0.2) is 0 Å². The predicted octanol–water partition coefficient (Wildman–Crippen LogP) is 2.31. The van der Waals surface area contributed by atoms with E-state index in [1.807, 2.05) is 24.3 Å². The van der Waals surface area contributed by atoms with Crippen LogP contribution in [0.4, 0.5) is 0 Å². The Bertz CT molecular complexity index is 284. The lowest BCUT2D eigenvalue weighted by Gasteiger charge is -2.07. The Hall–Kier alpha value is -0.530. The number of terminal acetylenes is 1. The smallest absolute Gasteiger partial charge is 0.0405 e. The van der Waals surface area contributed by atoms with Crippen molar-refractivity contribution in [2.75, 3.05) is 0 Å². The summed E-state index contributed by atoms with van der Waals surface area (Å²) in [4.78, 5) is 0. The monoisotopic (exact) mass is 271 g/mol. The third kappa shape index (κ3) is 2.50. The zero-order valence-electron chi connectivity index (χ0n) is 6.63. The number of rotatable bonds is 2. The number of halogens is 1. The molecule has 0 amide bonds. The van der Waals surface area contributed by atoms with Gasteiger partial charge in [-0.2, -0.15) is 0 Å². The maximum atomic E-state index is 5.81. The normalized spacial score (nSPS) is 12.1. The molecule has 0 radical (unpaired) electrons. The van der Waals surface area contributed by atoms with Gasteiger partial charge in [-0.1, -0.05) is 12.1 Å². The van der Waals surface area contributed by atoms with Crippen molar-refractivity contribution >= 4 is 22.6 Å². The third-order valence-corrected chi connectivity index (χ3v) is 2.36. The summed E-state index contributed by atoms with van der Waals surface area (Å²) in [5.74, 6) is 2.55. The van der Waals surface area contributed by atoms with Crippen LogP contribution in [0.15, 0.2) is 24.3 Å². The number of hydrogen-bond donors (Lipinski definition) is 1. The van der Waals surface area contributed by atoms with Gasteiger partial charge in [0.2, 0.25) is 0 Å². The van der Waals surface area contributed by atoms with E-state index in [4.69, 9.17) is 12.2 Å². The predicted molar refractivity (Wildman–Crippen MR) is 59.5 cm³/mol. The van der Waals surface area contributed by atoms with Crippen LogP contribution in [-0.2, 0) is 0 Å². The Kier molecular flexibility index (Phi) is 3.57. The van der Waals surface area contributed by atoms with Crippen LogP contribution in [0.2, 0.25) is 0 Å². The summed E-state index contributed by atoms with van der Waals surface area (Å²) in [5.41, 5.74) is 6.92. The van der Waals surface area contributed by atoms with Gasteiger partial charge in [0, 0.05) is 16.0 Å². The molecule has 1 nitrogen and oxygen atoms in total. The molecule has 0 heterocycles. The van der Waals surface area contributed by atoms with Crippen molar-refractivity contribution < 1.29 is 0 Å². The van der Waals surface area contributed by atoms with Crippen molar-refractivity contribution in [1.29, 1.82) is 0 Å². The lowest BCUT2D eigenvalue weighted by atomic mass is 10.1.